The number of carbonyl (C=O) groups is 1. The minimum atomic E-state index is -0.430. The molecule has 0 fully saturated rings. The molecule has 0 atom stereocenters. The molecule has 1 aromatic heterocycles. The lowest BCUT2D eigenvalue weighted by Gasteiger charge is -2.19. The van der Waals surface area contributed by atoms with Gasteiger partial charge < -0.3 is 5.32 Å². The molecule has 0 bridgehead atoms. The van der Waals surface area contributed by atoms with Crippen LogP contribution in [0.25, 0.3) is 0 Å². The number of rotatable bonds is 6. The maximum atomic E-state index is 14.2. The topological polar surface area (TPSA) is 71.3 Å². The first-order valence-electron chi connectivity index (χ1n) is 11.2. The van der Waals surface area contributed by atoms with Crippen molar-refractivity contribution in [2.24, 2.45) is 4.99 Å². The first-order valence-corrected chi connectivity index (χ1v) is 11.2. The minimum Gasteiger partial charge on any atom is -0.323 e. The third kappa shape index (κ3) is 6.51. The van der Waals surface area contributed by atoms with E-state index in [2.05, 4.69) is 48.4 Å². The number of aromatic nitrogens is 2. The van der Waals surface area contributed by atoms with Crippen molar-refractivity contribution < 1.29 is 9.18 Å². The van der Waals surface area contributed by atoms with Crippen LogP contribution in [-0.4, -0.2) is 21.6 Å². The molecule has 0 radical (unpaired) electrons. The number of para-hydroxylation sites is 1. The van der Waals surface area contributed by atoms with Crippen molar-refractivity contribution in [1.82, 2.24) is 15.1 Å². The average molecular weight is 450 g/mol. The summed E-state index contributed by atoms with van der Waals surface area (Å²) in [5.41, 5.74) is 3.68. The van der Waals surface area contributed by atoms with Gasteiger partial charge in [-0.1, -0.05) is 52.0 Å². The van der Waals surface area contributed by atoms with Gasteiger partial charge in [0, 0.05) is 23.9 Å². The number of nitrogens with one attached hydrogen (secondary N) is 2. The van der Waals surface area contributed by atoms with Crippen LogP contribution in [0.3, 0.4) is 0 Å². The molecule has 2 N–H and O–H groups in total. The van der Waals surface area contributed by atoms with Crippen LogP contribution in [-0.2, 0) is 18.5 Å². The fourth-order valence-corrected chi connectivity index (χ4v) is 3.32. The zero-order valence-electron chi connectivity index (χ0n) is 19.9. The van der Waals surface area contributed by atoms with E-state index in [1.54, 1.807) is 30.3 Å². The Labute approximate surface area is 194 Å². The van der Waals surface area contributed by atoms with Crippen LogP contribution >= 0.6 is 0 Å². The van der Waals surface area contributed by atoms with E-state index in [0.717, 1.165) is 29.8 Å². The molecule has 0 saturated heterocycles. The van der Waals surface area contributed by atoms with Gasteiger partial charge >= 0.3 is 0 Å². The van der Waals surface area contributed by atoms with Gasteiger partial charge in [0.15, 0.2) is 0 Å². The number of hydrogen-bond acceptors (Lipinski definition) is 3. The average Bonchev–Trinajstić information content (AvgIpc) is 3.12. The van der Waals surface area contributed by atoms with Crippen LogP contribution < -0.4 is 10.6 Å². The van der Waals surface area contributed by atoms with Crippen molar-refractivity contribution in [3.05, 3.63) is 82.9 Å². The van der Waals surface area contributed by atoms with Gasteiger partial charge in [-0.15, -0.1) is 0 Å². The number of amides is 1. The molecule has 2 aromatic carbocycles. The molecule has 33 heavy (non-hydrogen) atoms. The summed E-state index contributed by atoms with van der Waals surface area (Å²) in [7, 11) is 0. The SMILES string of the molecule is CCCn1cc(CN=C(NC(=O)c2ccc(C(C)(C)C)cc2)Nc2ccccc2F)c(C)n1. The van der Waals surface area contributed by atoms with Crippen molar-refractivity contribution >= 4 is 17.6 Å². The maximum absolute atomic E-state index is 14.2. The van der Waals surface area contributed by atoms with Crippen LogP contribution in [0.4, 0.5) is 10.1 Å². The van der Waals surface area contributed by atoms with Crippen LogP contribution in [0.5, 0.6) is 0 Å². The third-order valence-electron chi connectivity index (χ3n) is 5.28. The monoisotopic (exact) mass is 449 g/mol. The molecule has 0 aliphatic carbocycles. The van der Waals surface area contributed by atoms with E-state index in [4.69, 9.17) is 0 Å². The molecule has 7 heteroatoms. The Morgan fingerprint density at radius 3 is 2.45 bits per heavy atom. The maximum Gasteiger partial charge on any atom is 0.257 e. The summed E-state index contributed by atoms with van der Waals surface area (Å²) < 4.78 is 16.1. The van der Waals surface area contributed by atoms with E-state index in [1.165, 1.54) is 6.07 Å². The van der Waals surface area contributed by atoms with E-state index >= 15 is 0 Å². The number of guanidine groups is 1. The second-order valence-electron chi connectivity index (χ2n) is 9.05. The van der Waals surface area contributed by atoms with Crippen LogP contribution in [0, 0.1) is 12.7 Å². The predicted molar refractivity (Wildman–Crippen MR) is 131 cm³/mol. The summed E-state index contributed by atoms with van der Waals surface area (Å²) in [5, 5.41) is 10.2. The van der Waals surface area contributed by atoms with Gasteiger partial charge in [0.05, 0.1) is 17.9 Å². The molecule has 0 aliphatic rings. The Morgan fingerprint density at radius 2 is 1.82 bits per heavy atom. The highest BCUT2D eigenvalue weighted by atomic mass is 19.1. The number of benzene rings is 2. The largest absolute Gasteiger partial charge is 0.323 e. The van der Waals surface area contributed by atoms with Crippen molar-refractivity contribution in [3.63, 3.8) is 0 Å². The van der Waals surface area contributed by atoms with Crippen LogP contribution in [0.1, 0.15) is 61.3 Å². The Bertz CT molecular complexity index is 1130. The Morgan fingerprint density at radius 1 is 1.12 bits per heavy atom. The summed E-state index contributed by atoms with van der Waals surface area (Å²) >= 11 is 0. The standard InChI is InChI=1S/C26H32FN5O/c1-6-15-32-17-20(18(2)31-32)16-28-25(29-23-10-8-7-9-22(23)27)30-24(33)19-11-13-21(14-12-19)26(3,4)5/h7-14,17H,6,15-16H2,1-5H3,(H2,28,29,30,33). The van der Waals surface area contributed by atoms with Gasteiger partial charge in [0.25, 0.3) is 5.91 Å². The van der Waals surface area contributed by atoms with Gasteiger partial charge in [-0.25, -0.2) is 9.38 Å². The molecule has 0 unspecified atom stereocenters. The predicted octanol–water partition coefficient (Wildman–Crippen LogP) is 5.44. The highest BCUT2D eigenvalue weighted by molar-refractivity contribution is 6.10. The molecule has 0 aliphatic heterocycles. The molecule has 3 aromatic rings. The fourth-order valence-electron chi connectivity index (χ4n) is 3.32. The summed E-state index contributed by atoms with van der Waals surface area (Å²) in [6.45, 7) is 11.5. The van der Waals surface area contributed by atoms with Crippen molar-refractivity contribution in [3.8, 4) is 0 Å². The van der Waals surface area contributed by atoms with Gasteiger partial charge in [-0.2, -0.15) is 5.10 Å². The van der Waals surface area contributed by atoms with Crippen molar-refractivity contribution in [2.45, 2.75) is 59.5 Å². The summed E-state index contributed by atoms with van der Waals surface area (Å²) in [6, 6.07) is 13.7. The molecule has 3 rings (SSSR count). The smallest absolute Gasteiger partial charge is 0.257 e. The third-order valence-corrected chi connectivity index (χ3v) is 5.28. The number of anilines is 1. The van der Waals surface area contributed by atoms with Crippen molar-refractivity contribution in [1.29, 1.82) is 0 Å². The molecular formula is C26H32FN5O. The van der Waals surface area contributed by atoms with Gasteiger partial charge in [0.1, 0.15) is 5.82 Å². The lowest BCUT2D eigenvalue weighted by Crippen LogP contribution is -2.36. The number of carbonyl (C=O) groups excluding carboxylic acids is 1. The zero-order valence-corrected chi connectivity index (χ0v) is 19.9. The lowest BCUT2D eigenvalue weighted by molar-refractivity contribution is 0.0977. The first-order chi connectivity index (χ1) is 15.7. The summed E-state index contributed by atoms with van der Waals surface area (Å²) in [5.74, 6) is -0.579. The molecule has 6 nitrogen and oxygen atoms in total. The first kappa shape index (κ1) is 24.2. The molecular weight excluding hydrogens is 417 g/mol. The number of nitrogens with zero attached hydrogens (tertiary/aromatic N) is 3. The Kier molecular flexibility index (Phi) is 7.63. The van der Waals surface area contributed by atoms with E-state index in [1.807, 2.05) is 29.9 Å². The zero-order chi connectivity index (χ0) is 24.0. The number of hydrogen-bond donors (Lipinski definition) is 2. The second-order valence-corrected chi connectivity index (χ2v) is 9.05. The normalized spacial score (nSPS) is 12.0. The minimum absolute atomic E-state index is 0.00586. The van der Waals surface area contributed by atoms with Crippen molar-refractivity contribution in [2.75, 3.05) is 5.32 Å². The van der Waals surface area contributed by atoms with Gasteiger partial charge in [0.2, 0.25) is 5.96 Å². The summed E-state index contributed by atoms with van der Waals surface area (Å²) in [6.07, 6.45) is 2.93. The highest BCUT2D eigenvalue weighted by Crippen LogP contribution is 2.22. The number of aliphatic imine (C=N–C) groups is 1. The second kappa shape index (κ2) is 10.4. The van der Waals surface area contributed by atoms with Gasteiger partial charge in [-0.3, -0.25) is 14.8 Å². The van der Waals surface area contributed by atoms with E-state index < -0.39 is 5.82 Å². The van der Waals surface area contributed by atoms with Crippen LogP contribution in [0.15, 0.2) is 59.7 Å². The van der Waals surface area contributed by atoms with E-state index in [0.29, 0.717) is 12.1 Å². The highest BCUT2D eigenvalue weighted by Gasteiger charge is 2.16. The van der Waals surface area contributed by atoms with Gasteiger partial charge in [-0.05, 0) is 48.6 Å². The van der Waals surface area contributed by atoms with Crippen LogP contribution in [0.2, 0.25) is 0 Å². The Balaban J connectivity index is 1.83. The lowest BCUT2D eigenvalue weighted by atomic mass is 9.87. The summed E-state index contributed by atoms with van der Waals surface area (Å²) in [4.78, 5) is 17.5. The quantitative estimate of drug-likeness (QED) is 0.389. The molecule has 174 valence electrons. The van der Waals surface area contributed by atoms with E-state index in [-0.39, 0.29) is 23.0 Å². The fraction of sp³-hybridized carbons (Fsp3) is 0.346. The van der Waals surface area contributed by atoms with E-state index in [9.17, 15) is 9.18 Å². The molecule has 1 heterocycles. The number of halogens is 1. The number of aryl methyl sites for hydroxylation is 2. The molecule has 0 spiro atoms. The Hall–Kier alpha value is -3.48. The molecule has 1 amide bonds. The molecule has 0 saturated carbocycles.